The minimum Gasteiger partial charge on any atom is -0.459 e. The van der Waals surface area contributed by atoms with E-state index in [0.717, 1.165) is 14.0 Å². The highest BCUT2D eigenvalue weighted by molar-refractivity contribution is 5.89. The van der Waals surface area contributed by atoms with Crippen LogP contribution in [0.5, 0.6) is 0 Å². The lowest BCUT2D eigenvalue weighted by atomic mass is 10.1. The lowest BCUT2D eigenvalue weighted by Gasteiger charge is -2.31. The number of methoxy groups -OCH3 is 1. The average Bonchev–Trinajstić information content (AvgIpc) is 2.72. The van der Waals surface area contributed by atoms with Gasteiger partial charge in [-0.25, -0.2) is 4.79 Å². The summed E-state index contributed by atoms with van der Waals surface area (Å²) >= 11 is 0. The predicted molar refractivity (Wildman–Crippen MR) is 99.3 cm³/mol. The molecule has 0 N–H and O–H groups in total. The Bertz CT molecular complexity index is 782. The van der Waals surface area contributed by atoms with E-state index in [-0.39, 0.29) is 12.2 Å². The second kappa shape index (κ2) is 10.6. The molecule has 0 unspecified atom stereocenters. The van der Waals surface area contributed by atoms with E-state index >= 15 is 0 Å². The highest BCUT2D eigenvalue weighted by Crippen LogP contribution is 2.30. The summed E-state index contributed by atoms with van der Waals surface area (Å²) in [6.45, 7) is 0.0184. The summed E-state index contributed by atoms with van der Waals surface area (Å²) in [6.07, 6.45) is -4.11. The van der Waals surface area contributed by atoms with Gasteiger partial charge in [0.1, 0.15) is 6.61 Å². The van der Waals surface area contributed by atoms with Crippen LogP contribution in [0.3, 0.4) is 0 Å². The van der Waals surface area contributed by atoms with Gasteiger partial charge in [-0.15, -0.1) is 0 Å². The molecular formula is C21H22F2O6. The normalized spacial score (nSPS) is 13.4. The van der Waals surface area contributed by atoms with E-state index < -0.39 is 36.9 Å². The topological polar surface area (TPSA) is 71.1 Å². The van der Waals surface area contributed by atoms with E-state index in [0.29, 0.717) is 5.56 Å². The molecule has 29 heavy (non-hydrogen) atoms. The molecule has 0 bridgehead atoms. The predicted octanol–water partition coefficient (Wildman–Crippen LogP) is 3.60. The smallest absolute Gasteiger partial charge is 0.338 e. The Hall–Kier alpha value is -2.84. The molecule has 0 fully saturated rings. The van der Waals surface area contributed by atoms with Gasteiger partial charge in [0.15, 0.2) is 6.10 Å². The Morgan fingerprint density at radius 1 is 1.00 bits per heavy atom. The van der Waals surface area contributed by atoms with Gasteiger partial charge in [0, 0.05) is 14.0 Å². The van der Waals surface area contributed by atoms with Crippen LogP contribution in [0.4, 0.5) is 8.78 Å². The number of esters is 2. The van der Waals surface area contributed by atoms with Crippen LogP contribution < -0.4 is 0 Å². The number of ether oxygens (including phenoxy) is 4. The molecule has 8 heteroatoms. The number of hydrogen-bond acceptors (Lipinski definition) is 6. The van der Waals surface area contributed by atoms with Gasteiger partial charge in [0.2, 0.25) is 0 Å². The van der Waals surface area contributed by atoms with Crippen molar-refractivity contribution < 1.29 is 37.3 Å². The Morgan fingerprint density at radius 2 is 1.59 bits per heavy atom. The Labute approximate surface area is 167 Å². The summed E-state index contributed by atoms with van der Waals surface area (Å²) in [5.74, 6) is -5.51. The maximum atomic E-state index is 15.0. The minimum absolute atomic E-state index is 0.211. The average molecular weight is 408 g/mol. The van der Waals surface area contributed by atoms with Crippen molar-refractivity contribution in [1.82, 2.24) is 0 Å². The van der Waals surface area contributed by atoms with E-state index in [2.05, 4.69) is 4.74 Å². The Morgan fingerprint density at radius 3 is 2.14 bits per heavy atom. The zero-order chi connectivity index (χ0) is 21.3. The van der Waals surface area contributed by atoms with Crippen LogP contribution in [-0.2, 0) is 30.3 Å². The first kappa shape index (κ1) is 22.4. The third-order valence-corrected chi connectivity index (χ3v) is 3.92. The van der Waals surface area contributed by atoms with Crippen LogP contribution in [0.2, 0.25) is 0 Å². The van der Waals surface area contributed by atoms with Gasteiger partial charge in [0.25, 0.3) is 6.29 Å². The molecule has 0 heterocycles. The van der Waals surface area contributed by atoms with Crippen molar-refractivity contribution >= 4 is 11.9 Å². The van der Waals surface area contributed by atoms with Crippen molar-refractivity contribution in [3.63, 3.8) is 0 Å². The highest BCUT2D eigenvalue weighted by Gasteiger charge is 2.51. The standard InChI is InChI=1S/C21H22F2O6/c1-15(24)29-20(28-13-16-9-5-3-6-10-16)21(22,23)18(26-2)14-27-19(25)17-11-7-4-8-12-17/h3-12,18,20H,13-14H2,1-2H3/t18-,20+/m1/s1. The van der Waals surface area contributed by atoms with E-state index in [1.807, 2.05) is 0 Å². The lowest BCUT2D eigenvalue weighted by molar-refractivity contribution is -0.286. The van der Waals surface area contributed by atoms with Crippen molar-refractivity contribution in [3.8, 4) is 0 Å². The Balaban J connectivity index is 2.07. The van der Waals surface area contributed by atoms with Gasteiger partial charge in [-0.2, -0.15) is 8.78 Å². The van der Waals surface area contributed by atoms with Crippen molar-refractivity contribution in [2.24, 2.45) is 0 Å². The summed E-state index contributed by atoms with van der Waals surface area (Å²) in [7, 11) is 1.04. The molecule has 2 rings (SSSR count). The molecule has 0 aliphatic heterocycles. The maximum absolute atomic E-state index is 15.0. The van der Waals surface area contributed by atoms with Crippen molar-refractivity contribution in [1.29, 1.82) is 0 Å². The van der Waals surface area contributed by atoms with Crippen LogP contribution in [0.1, 0.15) is 22.8 Å². The molecule has 0 spiro atoms. The van der Waals surface area contributed by atoms with Gasteiger partial charge < -0.3 is 18.9 Å². The monoisotopic (exact) mass is 408 g/mol. The molecule has 6 nitrogen and oxygen atoms in total. The number of carbonyl (C=O) groups is 2. The van der Waals surface area contributed by atoms with Gasteiger partial charge in [-0.05, 0) is 17.7 Å². The van der Waals surface area contributed by atoms with Crippen LogP contribution >= 0.6 is 0 Å². The number of carbonyl (C=O) groups excluding carboxylic acids is 2. The number of halogens is 2. The third kappa shape index (κ3) is 6.62. The first-order valence-electron chi connectivity index (χ1n) is 8.80. The van der Waals surface area contributed by atoms with Gasteiger partial charge >= 0.3 is 17.9 Å². The maximum Gasteiger partial charge on any atom is 0.338 e. The van der Waals surface area contributed by atoms with Crippen LogP contribution in [0, 0.1) is 0 Å². The van der Waals surface area contributed by atoms with E-state index in [1.165, 1.54) is 12.1 Å². The third-order valence-electron chi connectivity index (χ3n) is 3.92. The zero-order valence-electron chi connectivity index (χ0n) is 16.0. The van der Waals surface area contributed by atoms with Gasteiger partial charge in [-0.1, -0.05) is 48.5 Å². The lowest BCUT2D eigenvalue weighted by Crippen LogP contribution is -2.51. The SMILES string of the molecule is CO[C@H](COC(=O)c1ccccc1)C(F)(F)[C@@H](OCc1ccccc1)OC(C)=O. The molecule has 0 aliphatic carbocycles. The first-order chi connectivity index (χ1) is 13.8. The molecule has 2 aromatic carbocycles. The van der Waals surface area contributed by atoms with E-state index in [9.17, 15) is 18.4 Å². The fraction of sp³-hybridized carbons (Fsp3) is 0.333. The van der Waals surface area contributed by atoms with Crippen LogP contribution in [0.15, 0.2) is 60.7 Å². The zero-order valence-corrected chi connectivity index (χ0v) is 16.0. The summed E-state index contributed by atoms with van der Waals surface area (Å²) in [5, 5.41) is 0. The highest BCUT2D eigenvalue weighted by atomic mass is 19.3. The quantitative estimate of drug-likeness (QED) is 0.442. The van der Waals surface area contributed by atoms with Gasteiger partial charge in [0.05, 0.1) is 12.2 Å². The fourth-order valence-electron chi connectivity index (χ4n) is 2.42. The Kier molecular flexibility index (Phi) is 8.23. The van der Waals surface area contributed by atoms with Crippen LogP contribution in [0.25, 0.3) is 0 Å². The molecule has 0 aliphatic rings. The van der Waals surface area contributed by atoms with E-state index in [1.54, 1.807) is 48.5 Å². The second-order valence-electron chi connectivity index (χ2n) is 6.10. The van der Waals surface area contributed by atoms with Crippen molar-refractivity contribution in [2.45, 2.75) is 31.8 Å². The fourth-order valence-corrected chi connectivity index (χ4v) is 2.42. The molecule has 2 aromatic rings. The molecular weight excluding hydrogens is 386 g/mol. The summed E-state index contributed by atoms with van der Waals surface area (Å²) in [5.41, 5.74) is 0.826. The number of hydrogen-bond donors (Lipinski definition) is 0. The summed E-state index contributed by atoms with van der Waals surface area (Å²) < 4.78 is 49.5. The first-order valence-corrected chi connectivity index (χ1v) is 8.80. The number of rotatable bonds is 10. The summed E-state index contributed by atoms with van der Waals surface area (Å²) in [6, 6.07) is 16.5. The number of alkyl halides is 2. The van der Waals surface area contributed by atoms with Gasteiger partial charge in [-0.3, -0.25) is 4.79 Å². The molecule has 156 valence electrons. The molecule has 0 aromatic heterocycles. The number of benzene rings is 2. The molecule has 0 saturated carbocycles. The molecule has 0 radical (unpaired) electrons. The van der Waals surface area contributed by atoms with Crippen LogP contribution in [-0.4, -0.2) is 44.0 Å². The second-order valence-corrected chi connectivity index (χ2v) is 6.10. The largest absolute Gasteiger partial charge is 0.459 e. The van der Waals surface area contributed by atoms with E-state index in [4.69, 9.17) is 14.2 Å². The molecule has 0 amide bonds. The van der Waals surface area contributed by atoms with Crippen molar-refractivity contribution in [2.75, 3.05) is 13.7 Å². The molecule has 2 atom stereocenters. The molecule has 0 saturated heterocycles. The summed E-state index contributed by atoms with van der Waals surface area (Å²) in [4.78, 5) is 23.3. The van der Waals surface area contributed by atoms with Crippen molar-refractivity contribution in [3.05, 3.63) is 71.8 Å². The minimum atomic E-state index is -3.79.